The zero-order valence-corrected chi connectivity index (χ0v) is 24.0. The van der Waals surface area contributed by atoms with Gasteiger partial charge in [0.1, 0.15) is 0 Å². The molecule has 3 heterocycles. The largest absolute Gasteiger partial charge is 0.504 e. The number of nitrogens with zero attached hydrogens (tertiary/aromatic N) is 1. The Kier molecular flexibility index (Phi) is 5.78. The molecule has 1 saturated heterocycles. The maximum Gasteiger partial charge on any atom is 0.251 e. The molecule has 2 fully saturated rings. The number of aromatic nitrogens is 1. The number of carbonyl (C=O) groups excluding carboxylic acids is 1. The number of aliphatic hydroxyl groups is 1. The summed E-state index contributed by atoms with van der Waals surface area (Å²) in [7, 11) is 0. The fourth-order valence-corrected chi connectivity index (χ4v) is 8.80. The summed E-state index contributed by atoms with van der Waals surface area (Å²) in [5, 5.41) is 28.0. The molecule has 5 aliphatic rings. The molecule has 2 aliphatic heterocycles. The predicted octanol–water partition coefficient (Wildman–Crippen LogP) is 5.27. The molecule has 2 bridgehead atoms. The smallest absolute Gasteiger partial charge is 0.251 e. The lowest BCUT2D eigenvalue weighted by Gasteiger charge is -2.62. The molecule has 1 amide bonds. The first-order valence-electron chi connectivity index (χ1n) is 15.9. The predicted molar refractivity (Wildman–Crippen MR) is 158 cm³/mol. The number of unbranched alkanes of at least 4 members (excludes halogenated alkanes) is 4. The number of benzene rings is 2. The van der Waals surface area contributed by atoms with Gasteiger partial charge in [0, 0.05) is 47.6 Å². The maximum absolute atomic E-state index is 13.1. The van der Waals surface area contributed by atoms with Crippen LogP contribution in [0.1, 0.15) is 97.1 Å². The van der Waals surface area contributed by atoms with Crippen LogP contribution in [0.5, 0.6) is 11.5 Å². The standard InChI is InChI=1S/C34H41N3O4/c1-2-3-4-5-6-14-35-32(39)22-9-11-25-23(16-22)24-18-34(40)27-17-21-10-12-26(38)30-28(21)33(34,31(41-30)29(24)36-25)13-15-37(27)19-20-7-8-20/h9-12,16,20,27,31,36,38,40H,2-8,13-15,17-19H2,1H3,(H,35,39)/t27-,31-,33-,34+/m0/s1. The summed E-state index contributed by atoms with van der Waals surface area (Å²) in [6.07, 6.45) is 10.0. The number of ether oxygens (including phenoxy) is 1. The van der Waals surface area contributed by atoms with Gasteiger partial charge in [-0.1, -0.05) is 38.7 Å². The molecule has 3 aliphatic carbocycles. The molecule has 4 N–H and O–H groups in total. The second-order valence-electron chi connectivity index (χ2n) is 13.4. The van der Waals surface area contributed by atoms with E-state index in [-0.39, 0.29) is 17.7 Å². The number of hydrogen-bond acceptors (Lipinski definition) is 5. The van der Waals surface area contributed by atoms with E-state index in [0.717, 1.165) is 72.4 Å². The van der Waals surface area contributed by atoms with Crippen molar-refractivity contribution in [1.82, 2.24) is 15.2 Å². The Bertz CT molecular complexity index is 1540. The van der Waals surface area contributed by atoms with Gasteiger partial charge in [0.2, 0.25) is 0 Å². The van der Waals surface area contributed by atoms with E-state index in [4.69, 9.17) is 4.74 Å². The van der Waals surface area contributed by atoms with Crippen LogP contribution in [0.25, 0.3) is 10.9 Å². The Hall–Kier alpha value is -3.03. The molecule has 41 heavy (non-hydrogen) atoms. The molecule has 1 aromatic heterocycles. The number of carbonyl (C=O) groups is 1. The number of phenolic OH excluding ortho intramolecular Hbond substituents is 1. The summed E-state index contributed by atoms with van der Waals surface area (Å²) in [4.78, 5) is 19.3. The first-order chi connectivity index (χ1) is 19.9. The van der Waals surface area contributed by atoms with E-state index in [1.54, 1.807) is 6.07 Å². The van der Waals surface area contributed by atoms with E-state index >= 15 is 0 Å². The Labute approximate surface area is 241 Å². The third kappa shape index (κ3) is 3.61. The van der Waals surface area contributed by atoms with Crippen LogP contribution in [-0.4, -0.2) is 57.3 Å². The molecule has 3 aromatic rings. The van der Waals surface area contributed by atoms with Gasteiger partial charge in [0.05, 0.1) is 16.7 Å². The molecule has 7 heteroatoms. The number of aromatic hydroxyl groups is 1. The van der Waals surface area contributed by atoms with E-state index in [1.165, 1.54) is 37.7 Å². The van der Waals surface area contributed by atoms with Crippen molar-refractivity contribution < 1.29 is 19.7 Å². The fourth-order valence-electron chi connectivity index (χ4n) is 8.80. The van der Waals surface area contributed by atoms with Gasteiger partial charge >= 0.3 is 0 Å². The number of hydrogen-bond donors (Lipinski definition) is 4. The third-order valence-electron chi connectivity index (χ3n) is 11.0. The highest BCUT2D eigenvalue weighted by atomic mass is 16.5. The van der Waals surface area contributed by atoms with Gasteiger partial charge in [0.15, 0.2) is 17.6 Å². The molecule has 4 atom stereocenters. The summed E-state index contributed by atoms with van der Waals surface area (Å²) >= 11 is 0. The van der Waals surface area contributed by atoms with Crippen LogP contribution >= 0.6 is 0 Å². The summed E-state index contributed by atoms with van der Waals surface area (Å²) in [6, 6.07) is 9.66. The highest BCUT2D eigenvalue weighted by Crippen LogP contribution is 2.69. The van der Waals surface area contributed by atoms with Crippen molar-refractivity contribution >= 4 is 16.8 Å². The lowest BCUT2D eigenvalue weighted by Crippen LogP contribution is -2.74. The molecule has 1 saturated carbocycles. The zero-order chi connectivity index (χ0) is 27.9. The SMILES string of the molecule is CCCCCCCNC(=O)c1ccc2[nH]c3c(c2c1)C[C@@]1(O)[C@@H]2Cc4ccc(O)c5c4[C@@]1(CCN2CC1CC1)[C@H]3O5. The van der Waals surface area contributed by atoms with E-state index in [1.807, 2.05) is 24.3 Å². The Morgan fingerprint density at radius 2 is 2.02 bits per heavy atom. The van der Waals surface area contributed by atoms with Gasteiger partial charge in [-0.3, -0.25) is 9.69 Å². The summed E-state index contributed by atoms with van der Waals surface area (Å²) in [6.45, 7) is 4.86. The fraction of sp³-hybridized carbons (Fsp3) is 0.559. The first-order valence-corrected chi connectivity index (χ1v) is 15.9. The van der Waals surface area contributed by atoms with Crippen molar-refractivity contribution in [2.24, 2.45) is 5.92 Å². The Balaban J connectivity index is 1.18. The van der Waals surface area contributed by atoms with Crippen molar-refractivity contribution in [2.45, 2.75) is 94.3 Å². The van der Waals surface area contributed by atoms with Gasteiger partial charge in [0.25, 0.3) is 5.91 Å². The number of H-pyrrole nitrogens is 1. The maximum atomic E-state index is 13.1. The summed E-state index contributed by atoms with van der Waals surface area (Å²) in [5.74, 6) is 1.39. The van der Waals surface area contributed by atoms with Crippen LogP contribution in [0.15, 0.2) is 30.3 Å². The van der Waals surface area contributed by atoms with Gasteiger partial charge in [-0.2, -0.15) is 0 Å². The number of rotatable bonds is 9. The molecule has 216 valence electrons. The summed E-state index contributed by atoms with van der Waals surface area (Å²) in [5.41, 5.74) is 4.22. The Morgan fingerprint density at radius 3 is 2.85 bits per heavy atom. The number of amides is 1. The minimum Gasteiger partial charge on any atom is -0.504 e. The Morgan fingerprint density at radius 1 is 1.17 bits per heavy atom. The van der Waals surface area contributed by atoms with E-state index in [9.17, 15) is 15.0 Å². The average molecular weight is 556 g/mol. The van der Waals surface area contributed by atoms with Gasteiger partial charge in [-0.25, -0.2) is 0 Å². The minimum atomic E-state index is -1.03. The second-order valence-corrected chi connectivity index (χ2v) is 13.4. The van der Waals surface area contributed by atoms with Gasteiger partial charge in [-0.05, 0) is 80.0 Å². The van der Waals surface area contributed by atoms with Gasteiger partial charge < -0.3 is 25.3 Å². The van der Waals surface area contributed by atoms with Crippen LogP contribution in [0.3, 0.4) is 0 Å². The van der Waals surface area contributed by atoms with E-state index < -0.39 is 17.1 Å². The zero-order valence-electron chi connectivity index (χ0n) is 24.0. The molecule has 0 unspecified atom stereocenters. The average Bonchev–Trinajstić information content (AvgIpc) is 3.61. The van der Waals surface area contributed by atoms with Crippen molar-refractivity contribution in [3.63, 3.8) is 0 Å². The summed E-state index contributed by atoms with van der Waals surface area (Å²) < 4.78 is 6.69. The van der Waals surface area contributed by atoms with Crippen LogP contribution < -0.4 is 10.1 Å². The lowest BCUT2D eigenvalue weighted by atomic mass is 9.49. The quantitative estimate of drug-likeness (QED) is 0.270. The first kappa shape index (κ1) is 25.7. The minimum absolute atomic E-state index is 0.0109. The van der Waals surface area contributed by atoms with Crippen LogP contribution in [-0.2, 0) is 18.3 Å². The topological polar surface area (TPSA) is 97.8 Å². The van der Waals surface area contributed by atoms with E-state index in [0.29, 0.717) is 24.3 Å². The van der Waals surface area contributed by atoms with Crippen molar-refractivity contribution in [3.05, 3.63) is 58.3 Å². The van der Waals surface area contributed by atoms with Crippen LogP contribution in [0, 0.1) is 5.92 Å². The molecule has 2 aromatic carbocycles. The van der Waals surface area contributed by atoms with Crippen LogP contribution in [0.4, 0.5) is 0 Å². The molecule has 8 rings (SSSR count). The number of phenols is 1. The van der Waals surface area contributed by atoms with Crippen LogP contribution in [0.2, 0.25) is 0 Å². The van der Waals surface area contributed by atoms with Gasteiger partial charge in [-0.15, -0.1) is 0 Å². The van der Waals surface area contributed by atoms with E-state index in [2.05, 4.69) is 22.1 Å². The third-order valence-corrected chi connectivity index (χ3v) is 11.0. The van der Waals surface area contributed by atoms with Crippen molar-refractivity contribution in [1.29, 1.82) is 0 Å². The molecule has 1 spiro atoms. The monoisotopic (exact) mass is 555 g/mol. The lowest BCUT2D eigenvalue weighted by molar-refractivity contribution is -0.173. The molecular formula is C34H41N3O4. The van der Waals surface area contributed by atoms with Crippen molar-refractivity contribution in [2.75, 3.05) is 19.6 Å². The number of fused-ring (bicyclic) bond motifs is 4. The molecule has 0 radical (unpaired) electrons. The highest BCUT2D eigenvalue weighted by Gasteiger charge is 2.72. The number of likely N-dealkylation sites (tertiary alicyclic amines) is 1. The highest BCUT2D eigenvalue weighted by molar-refractivity contribution is 5.99. The normalized spacial score (nSPS) is 29.2. The molecular weight excluding hydrogens is 514 g/mol. The number of aromatic amines is 1. The number of nitrogens with one attached hydrogen (secondary N) is 2. The van der Waals surface area contributed by atoms with Crippen molar-refractivity contribution in [3.8, 4) is 11.5 Å². The second kappa shape index (κ2) is 9.23. The molecule has 7 nitrogen and oxygen atoms in total. The number of piperidine rings is 1.